The van der Waals surface area contributed by atoms with Crippen LogP contribution in [0, 0.1) is 17.1 Å². The molecular weight excluding hydrogens is 303 g/mol. The van der Waals surface area contributed by atoms with Crippen LogP contribution in [0.2, 0.25) is 0 Å². The van der Waals surface area contributed by atoms with Gasteiger partial charge >= 0.3 is 0 Å². The smallest absolute Gasteiger partial charge is 0.253 e. The van der Waals surface area contributed by atoms with Crippen molar-refractivity contribution in [3.05, 3.63) is 71.0 Å². The van der Waals surface area contributed by atoms with E-state index >= 15 is 0 Å². The summed E-state index contributed by atoms with van der Waals surface area (Å²) in [5.74, 6) is -0.0639. The number of hydrogen-bond donors (Lipinski definition) is 0. The minimum atomic E-state index is -0.242. The van der Waals surface area contributed by atoms with E-state index in [2.05, 4.69) is 6.07 Å². The summed E-state index contributed by atoms with van der Waals surface area (Å²) in [5.41, 5.74) is 2.11. The second kappa shape index (κ2) is 7.27. The van der Waals surface area contributed by atoms with Crippen molar-refractivity contribution in [3.63, 3.8) is 0 Å². The molecule has 1 heterocycles. The summed E-state index contributed by atoms with van der Waals surface area (Å²) in [6.07, 6.45) is 3.00. The predicted molar refractivity (Wildman–Crippen MR) is 90.1 cm³/mol. The highest BCUT2D eigenvalue weighted by Crippen LogP contribution is 2.27. The average molecular weight is 322 g/mol. The molecule has 1 amide bonds. The molecule has 24 heavy (non-hydrogen) atoms. The lowest BCUT2D eigenvalue weighted by molar-refractivity contribution is 0.0754. The minimum Gasteiger partial charge on any atom is -0.338 e. The van der Waals surface area contributed by atoms with Crippen molar-refractivity contribution in [2.75, 3.05) is 13.1 Å². The first-order valence-corrected chi connectivity index (χ1v) is 8.22. The van der Waals surface area contributed by atoms with Gasteiger partial charge in [0.15, 0.2) is 0 Å². The van der Waals surface area contributed by atoms with Gasteiger partial charge in [-0.3, -0.25) is 4.79 Å². The maximum Gasteiger partial charge on any atom is 0.253 e. The molecule has 4 heteroatoms. The third-order valence-electron chi connectivity index (χ3n) is 4.54. The van der Waals surface area contributed by atoms with Crippen LogP contribution in [0.4, 0.5) is 4.39 Å². The lowest BCUT2D eigenvalue weighted by Crippen LogP contribution is -2.34. The number of amides is 1. The Balaban J connectivity index is 1.80. The zero-order valence-electron chi connectivity index (χ0n) is 13.4. The molecule has 3 nitrogen and oxygen atoms in total. The fraction of sp³-hybridized carbons (Fsp3) is 0.300. The molecule has 1 unspecified atom stereocenters. The second-order valence-corrected chi connectivity index (χ2v) is 6.19. The van der Waals surface area contributed by atoms with Crippen molar-refractivity contribution in [1.82, 2.24) is 4.90 Å². The molecule has 0 saturated carbocycles. The van der Waals surface area contributed by atoms with E-state index in [4.69, 9.17) is 5.26 Å². The van der Waals surface area contributed by atoms with Gasteiger partial charge in [-0.1, -0.05) is 24.6 Å². The molecule has 1 saturated heterocycles. The van der Waals surface area contributed by atoms with Gasteiger partial charge in [0, 0.05) is 24.6 Å². The largest absolute Gasteiger partial charge is 0.338 e. The average Bonchev–Trinajstić information content (AvgIpc) is 2.88. The van der Waals surface area contributed by atoms with E-state index < -0.39 is 0 Å². The summed E-state index contributed by atoms with van der Waals surface area (Å²) in [6.45, 7) is 1.34. The van der Waals surface area contributed by atoms with Gasteiger partial charge < -0.3 is 4.90 Å². The van der Waals surface area contributed by atoms with Gasteiger partial charge in [-0.05, 0) is 48.7 Å². The number of halogens is 1. The summed E-state index contributed by atoms with van der Waals surface area (Å²) in [4.78, 5) is 14.7. The molecule has 1 aliphatic rings. The van der Waals surface area contributed by atoms with Crippen LogP contribution >= 0.6 is 0 Å². The first-order valence-electron chi connectivity index (χ1n) is 8.22. The van der Waals surface area contributed by atoms with Crippen molar-refractivity contribution in [2.24, 2.45) is 0 Å². The maximum absolute atomic E-state index is 13.1. The van der Waals surface area contributed by atoms with Crippen molar-refractivity contribution >= 4 is 5.91 Å². The van der Waals surface area contributed by atoms with E-state index in [9.17, 15) is 9.18 Å². The molecule has 0 aromatic heterocycles. The van der Waals surface area contributed by atoms with Gasteiger partial charge in [0.1, 0.15) is 5.82 Å². The van der Waals surface area contributed by atoms with Crippen LogP contribution in [0.5, 0.6) is 0 Å². The Morgan fingerprint density at radius 1 is 1.17 bits per heavy atom. The third-order valence-corrected chi connectivity index (χ3v) is 4.54. The Bertz CT molecular complexity index is 764. The standard InChI is InChI=1S/C20H19FN2O/c21-19-9-7-16(8-10-19)18-5-1-2-11-23(14-18)20(24)17-6-3-4-15(12-17)13-22/h3-4,6-10,12,18H,1-2,5,11,14H2. The molecule has 122 valence electrons. The Kier molecular flexibility index (Phi) is 4.90. The predicted octanol–water partition coefficient (Wildman–Crippen LogP) is 4.11. The molecule has 1 aliphatic heterocycles. The van der Waals surface area contributed by atoms with Crippen molar-refractivity contribution in [2.45, 2.75) is 25.2 Å². The normalized spacial score (nSPS) is 17.8. The van der Waals surface area contributed by atoms with Crippen LogP contribution in [-0.2, 0) is 0 Å². The number of rotatable bonds is 2. The Labute approximate surface area is 141 Å². The summed E-state index contributed by atoms with van der Waals surface area (Å²) in [7, 11) is 0. The van der Waals surface area contributed by atoms with Gasteiger partial charge in [-0.25, -0.2) is 4.39 Å². The second-order valence-electron chi connectivity index (χ2n) is 6.19. The lowest BCUT2D eigenvalue weighted by Gasteiger charge is -2.25. The highest BCUT2D eigenvalue weighted by Gasteiger charge is 2.24. The number of carbonyl (C=O) groups excluding carboxylic acids is 1. The van der Waals surface area contributed by atoms with Gasteiger partial charge in [0.2, 0.25) is 0 Å². The van der Waals surface area contributed by atoms with Gasteiger partial charge in [-0.2, -0.15) is 5.26 Å². The van der Waals surface area contributed by atoms with E-state index in [-0.39, 0.29) is 17.6 Å². The van der Waals surface area contributed by atoms with E-state index in [1.165, 1.54) is 12.1 Å². The van der Waals surface area contributed by atoms with Crippen LogP contribution in [0.25, 0.3) is 0 Å². The SMILES string of the molecule is N#Cc1cccc(C(=O)N2CCCCC(c3ccc(F)cc3)C2)c1. The number of nitriles is 1. The van der Waals surface area contributed by atoms with E-state index in [0.717, 1.165) is 24.8 Å². The molecule has 0 N–H and O–H groups in total. The van der Waals surface area contributed by atoms with E-state index in [0.29, 0.717) is 24.2 Å². The van der Waals surface area contributed by atoms with Crippen molar-refractivity contribution in [1.29, 1.82) is 5.26 Å². The molecule has 0 radical (unpaired) electrons. The van der Waals surface area contributed by atoms with Gasteiger partial charge in [-0.15, -0.1) is 0 Å². The Hall–Kier alpha value is -2.67. The topological polar surface area (TPSA) is 44.1 Å². The van der Waals surface area contributed by atoms with Crippen LogP contribution in [0.15, 0.2) is 48.5 Å². The zero-order chi connectivity index (χ0) is 16.9. The van der Waals surface area contributed by atoms with Crippen molar-refractivity contribution in [3.8, 4) is 6.07 Å². The zero-order valence-corrected chi connectivity index (χ0v) is 13.4. The van der Waals surface area contributed by atoms with Crippen LogP contribution in [0.3, 0.4) is 0 Å². The first kappa shape index (κ1) is 16.2. The first-order chi connectivity index (χ1) is 11.7. The maximum atomic E-state index is 13.1. The Morgan fingerprint density at radius 3 is 2.71 bits per heavy atom. The van der Waals surface area contributed by atoms with E-state index in [1.54, 1.807) is 24.3 Å². The monoisotopic (exact) mass is 322 g/mol. The van der Waals surface area contributed by atoms with Crippen LogP contribution < -0.4 is 0 Å². The molecule has 3 rings (SSSR count). The molecule has 0 spiro atoms. The quantitative estimate of drug-likeness (QED) is 0.835. The number of likely N-dealkylation sites (tertiary alicyclic amines) is 1. The van der Waals surface area contributed by atoms with Gasteiger partial charge in [0.25, 0.3) is 5.91 Å². The molecule has 1 fully saturated rings. The van der Waals surface area contributed by atoms with Crippen LogP contribution in [-0.4, -0.2) is 23.9 Å². The fourth-order valence-electron chi connectivity index (χ4n) is 3.24. The third kappa shape index (κ3) is 3.62. The summed E-state index contributed by atoms with van der Waals surface area (Å²) in [5, 5.41) is 9.01. The molecular formula is C20H19FN2O. The summed E-state index contributed by atoms with van der Waals surface area (Å²) in [6, 6.07) is 15.5. The highest BCUT2D eigenvalue weighted by molar-refractivity contribution is 5.94. The van der Waals surface area contributed by atoms with Gasteiger partial charge in [0.05, 0.1) is 11.6 Å². The fourth-order valence-corrected chi connectivity index (χ4v) is 3.24. The molecule has 1 atom stereocenters. The number of hydrogen-bond acceptors (Lipinski definition) is 2. The van der Waals surface area contributed by atoms with Crippen LogP contribution in [0.1, 0.15) is 46.7 Å². The summed E-state index contributed by atoms with van der Waals surface area (Å²) < 4.78 is 13.1. The van der Waals surface area contributed by atoms with Crippen molar-refractivity contribution < 1.29 is 9.18 Å². The number of benzene rings is 2. The Morgan fingerprint density at radius 2 is 1.96 bits per heavy atom. The lowest BCUT2D eigenvalue weighted by atomic mass is 9.94. The van der Waals surface area contributed by atoms with E-state index in [1.807, 2.05) is 17.0 Å². The molecule has 0 aliphatic carbocycles. The molecule has 2 aromatic carbocycles. The summed E-state index contributed by atoms with van der Waals surface area (Å²) >= 11 is 0. The minimum absolute atomic E-state index is 0.0406. The number of carbonyl (C=O) groups is 1. The molecule has 2 aromatic rings. The molecule has 0 bridgehead atoms. The number of nitrogens with zero attached hydrogens (tertiary/aromatic N) is 2. The highest BCUT2D eigenvalue weighted by atomic mass is 19.1.